The lowest BCUT2D eigenvalue weighted by Crippen LogP contribution is -2.58. The summed E-state index contributed by atoms with van der Waals surface area (Å²) in [7, 11) is 1.81. The quantitative estimate of drug-likeness (QED) is 0.744. The van der Waals surface area contributed by atoms with Gasteiger partial charge in [0.05, 0.1) is 18.2 Å². The molecule has 0 aromatic rings. The van der Waals surface area contributed by atoms with Gasteiger partial charge in [-0.2, -0.15) is 0 Å². The molecule has 0 aromatic heterocycles. The van der Waals surface area contributed by atoms with Crippen molar-refractivity contribution in [3.05, 3.63) is 0 Å². The first kappa shape index (κ1) is 14.3. The fourth-order valence-corrected chi connectivity index (χ4v) is 2.94. The topological polar surface area (TPSA) is 44.7 Å². The Morgan fingerprint density at radius 3 is 2.61 bits per heavy atom. The smallest absolute Gasteiger partial charge is 0.0623 e. The minimum absolute atomic E-state index is 0.157. The van der Waals surface area contributed by atoms with Gasteiger partial charge >= 0.3 is 0 Å². The van der Waals surface area contributed by atoms with E-state index in [4.69, 9.17) is 4.74 Å². The lowest BCUT2D eigenvalue weighted by atomic mass is 9.96. The molecule has 2 rings (SSSR count). The van der Waals surface area contributed by atoms with E-state index in [0.29, 0.717) is 18.2 Å². The molecule has 2 N–H and O–H groups in total. The summed E-state index contributed by atoms with van der Waals surface area (Å²) < 4.78 is 5.45. The van der Waals surface area contributed by atoms with Crippen LogP contribution < -0.4 is 5.32 Å². The molecule has 4 nitrogen and oxygen atoms in total. The molecule has 0 spiro atoms. The monoisotopic (exact) mass is 256 g/mol. The Kier molecular flexibility index (Phi) is 4.64. The molecule has 0 aromatic carbocycles. The van der Waals surface area contributed by atoms with E-state index < -0.39 is 0 Å². The van der Waals surface area contributed by atoms with E-state index in [0.717, 1.165) is 25.9 Å². The van der Waals surface area contributed by atoms with Crippen LogP contribution in [0.3, 0.4) is 0 Å². The predicted octanol–water partition coefficient (Wildman–Crippen LogP) is 0.989. The van der Waals surface area contributed by atoms with Crippen LogP contribution in [0.1, 0.15) is 39.5 Å². The molecule has 2 fully saturated rings. The van der Waals surface area contributed by atoms with Gasteiger partial charge in [0.1, 0.15) is 0 Å². The third-order valence-corrected chi connectivity index (χ3v) is 4.33. The zero-order valence-electron chi connectivity index (χ0n) is 12.0. The van der Waals surface area contributed by atoms with Gasteiger partial charge in [0.25, 0.3) is 0 Å². The molecule has 1 aliphatic carbocycles. The SMILES string of the molecule is COC1CCN(CC(C)(CO)NC2CC2)C(C)C1. The van der Waals surface area contributed by atoms with Gasteiger partial charge in [0.2, 0.25) is 0 Å². The van der Waals surface area contributed by atoms with Crippen LogP contribution in [0.25, 0.3) is 0 Å². The van der Waals surface area contributed by atoms with Crippen LogP contribution in [0.4, 0.5) is 0 Å². The summed E-state index contributed by atoms with van der Waals surface area (Å²) in [6.07, 6.45) is 5.13. The minimum Gasteiger partial charge on any atom is -0.394 e. The summed E-state index contributed by atoms with van der Waals surface area (Å²) in [4.78, 5) is 2.49. The van der Waals surface area contributed by atoms with Crippen LogP contribution in [-0.4, -0.2) is 60.5 Å². The maximum Gasteiger partial charge on any atom is 0.0623 e. The zero-order chi connectivity index (χ0) is 13.2. The summed E-state index contributed by atoms with van der Waals surface area (Å²) in [5, 5.41) is 13.3. The highest BCUT2D eigenvalue weighted by Gasteiger charge is 2.36. The van der Waals surface area contributed by atoms with Gasteiger partial charge in [0.15, 0.2) is 0 Å². The summed E-state index contributed by atoms with van der Waals surface area (Å²) in [5.41, 5.74) is -0.157. The molecular weight excluding hydrogens is 228 g/mol. The molecule has 4 heteroatoms. The van der Waals surface area contributed by atoms with Crippen molar-refractivity contribution in [1.29, 1.82) is 0 Å². The number of hydrogen-bond acceptors (Lipinski definition) is 4. The molecule has 1 heterocycles. The van der Waals surface area contributed by atoms with Crippen molar-refractivity contribution in [1.82, 2.24) is 10.2 Å². The standard InChI is InChI=1S/C14H28N2O2/c1-11-8-13(18-3)6-7-16(11)9-14(2,10-17)15-12-4-5-12/h11-13,15,17H,4-10H2,1-3H3. The number of hydrogen-bond donors (Lipinski definition) is 2. The van der Waals surface area contributed by atoms with Crippen molar-refractivity contribution in [2.45, 2.75) is 63.3 Å². The van der Waals surface area contributed by atoms with Crippen LogP contribution in [0.5, 0.6) is 0 Å². The van der Waals surface area contributed by atoms with E-state index in [2.05, 4.69) is 24.1 Å². The summed E-state index contributed by atoms with van der Waals surface area (Å²) in [6, 6.07) is 1.17. The van der Waals surface area contributed by atoms with Crippen LogP contribution >= 0.6 is 0 Å². The lowest BCUT2D eigenvalue weighted by Gasteiger charge is -2.42. The second-order valence-corrected chi connectivity index (χ2v) is 6.34. The van der Waals surface area contributed by atoms with Gasteiger partial charge in [-0.1, -0.05) is 0 Å². The highest BCUT2D eigenvalue weighted by atomic mass is 16.5. The van der Waals surface area contributed by atoms with Gasteiger partial charge < -0.3 is 15.2 Å². The van der Waals surface area contributed by atoms with Crippen molar-refractivity contribution >= 4 is 0 Å². The molecule has 18 heavy (non-hydrogen) atoms. The van der Waals surface area contributed by atoms with E-state index in [1.54, 1.807) is 7.11 Å². The normalized spacial score (nSPS) is 33.3. The van der Waals surface area contributed by atoms with E-state index >= 15 is 0 Å². The van der Waals surface area contributed by atoms with Crippen molar-refractivity contribution in [2.75, 3.05) is 26.8 Å². The van der Waals surface area contributed by atoms with Crippen molar-refractivity contribution < 1.29 is 9.84 Å². The van der Waals surface area contributed by atoms with Crippen molar-refractivity contribution in [3.8, 4) is 0 Å². The van der Waals surface area contributed by atoms with E-state index in [-0.39, 0.29) is 12.1 Å². The second-order valence-electron chi connectivity index (χ2n) is 6.34. The third kappa shape index (κ3) is 3.67. The fourth-order valence-electron chi connectivity index (χ4n) is 2.94. The Morgan fingerprint density at radius 1 is 1.39 bits per heavy atom. The van der Waals surface area contributed by atoms with Crippen LogP contribution in [0.15, 0.2) is 0 Å². The first-order chi connectivity index (χ1) is 8.56. The molecule has 0 bridgehead atoms. The highest BCUT2D eigenvalue weighted by molar-refractivity contribution is 4.95. The summed E-state index contributed by atoms with van der Waals surface area (Å²) >= 11 is 0. The maximum absolute atomic E-state index is 9.66. The van der Waals surface area contributed by atoms with Crippen LogP contribution in [-0.2, 0) is 4.74 Å². The third-order valence-electron chi connectivity index (χ3n) is 4.33. The Morgan fingerprint density at radius 2 is 2.11 bits per heavy atom. The Balaban J connectivity index is 1.86. The average molecular weight is 256 g/mol. The number of rotatable bonds is 6. The molecule has 1 saturated carbocycles. The fraction of sp³-hybridized carbons (Fsp3) is 1.00. The molecule has 1 aliphatic heterocycles. The summed E-state index contributed by atoms with van der Waals surface area (Å²) in [6.45, 7) is 6.61. The number of aliphatic hydroxyl groups is 1. The average Bonchev–Trinajstić information content (AvgIpc) is 3.15. The Labute approximate surface area is 111 Å². The number of ether oxygens (including phenoxy) is 1. The minimum atomic E-state index is -0.157. The van der Waals surface area contributed by atoms with E-state index in [9.17, 15) is 5.11 Å². The Bertz CT molecular complexity index is 271. The zero-order valence-corrected chi connectivity index (χ0v) is 12.0. The molecule has 3 unspecified atom stereocenters. The number of likely N-dealkylation sites (tertiary alicyclic amines) is 1. The first-order valence-electron chi connectivity index (χ1n) is 7.22. The van der Waals surface area contributed by atoms with Gasteiger partial charge in [-0.05, 0) is 39.5 Å². The van der Waals surface area contributed by atoms with Gasteiger partial charge in [-0.25, -0.2) is 0 Å². The molecular formula is C14H28N2O2. The number of piperidine rings is 1. The molecule has 106 valence electrons. The number of aliphatic hydroxyl groups excluding tert-OH is 1. The van der Waals surface area contributed by atoms with Crippen molar-refractivity contribution in [2.24, 2.45) is 0 Å². The van der Waals surface area contributed by atoms with Crippen LogP contribution in [0, 0.1) is 0 Å². The van der Waals surface area contributed by atoms with E-state index in [1.165, 1.54) is 12.8 Å². The van der Waals surface area contributed by atoms with Gasteiger partial charge in [-0.15, -0.1) is 0 Å². The summed E-state index contributed by atoms with van der Waals surface area (Å²) in [5.74, 6) is 0. The predicted molar refractivity (Wildman–Crippen MR) is 72.7 cm³/mol. The van der Waals surface area contributed by atoms with Gasteiger partial charge in [-0.3, -0.25) is 4.90 Å². The lowest BCUT2D eigenvalue weighted by molar-refractivity contribution is 0.000457. The highest BCUT2D eigenvalue weighted by Crippen LogP contribution is 2.25. The first-order valence-corrected chi connectivity index (χ1v) is 7.22. The van der Waals surface area contributed by atoms with Crippen molar-refractivity contribution in [3.63, 3.8) is 0 Å². The van der Waals surface area contributed by atoms with Crippen LogP contribution in [0.2, 0.25) is 0 Å². The molecule has 2 aliphatic rings. The van der Waals surface area contributed by atoms with E-state index in [1.807, 2.05) is 0 Å². The second kappa shape index (κ2) is 5.87. The molecule has 0 amide bonds. The molecule has 3 atom stereocenters. The van der Waals surface area contributed by atoms with Gasteiger partial charge in [0, 0.05) is 32.3 Å². The molecule has 0 radical (unpaired) electrons. The largest absolute Gasteiger partial charge is 0.394 e. The number of nitrogens with one attached hydrogen (secondary N) is 1. The Hall–Kier alpha value is -0.160. The number of methoxy groups -OCH3 is 1. The molecule has 1 saturated heterocycles. The maximum atomic E-state index is 9.66. The number of nitrogens with zero attached hydrogens (tertiary/aromatic N) is 1.